The second kappa shape index (κ2) is 7.93. The number of para-hydroxylation sites is 1. The summed E-state index contributed by atoms with van der Waals surface area (Å²) in [6.07, 6.45) is 4.17. The number of nitrogens with one attached hydrogen (secondary N) is 1. The summed E-state index contributed by atoms with van der Waals surface area (Å²) in [6.45, 7) is 4.10. The number of aryl methyl sites for hydroxylation is 1. The van der Waals surface area contributed by atoms with Crippen molar-refractivity contribution in [1.82, 2.24) is 29.6 Å². The quantitative estimate of drug-likeness (QED) is 0.704. The van der Waals surface area contributed by atoms with Gasteiger partial charge in [0.05, 0.1) is 6.04 Å². The number of anilines is 3. The van der Waals surface area contributed by atoms with Crippen LogP contribution in [0.3, 0.4) is 0 Å². The molecule has 3 aromatic rings. The second-order valence-electron chi connectivity index (χ2n) is 7.26. The first-order valence-electron chi connectivity index (χ1n) is 9.65. The molecular formula is C20H26N8. The van der Waals surface area contributed by atoms with Gasteiger partial charge < -0.3 is 11.1 Å². The molecule has 2 aromatic heterocycles. The van der Waals surface area contributed by atoms with Crippen LogP contribution in [0.15, 0.2) is 42.6 Å². The van der Waals surface area contributed by atoms with Crippen LogP contribution in [0.5, 0.6) is 0 Å². The lowest BCUT2D eigenvalue weighted by molar-refractivity contribution is 0.150. The van der Waals surface area contributed by atoms with E-state index in [1.54, 1.807) is 0 Å². The van der Waals surface area contributed by atoms with Crippen molar-refractivity contribution in [1.29, 1.82) is 0 Å². The first-order chi connectivity index (χ1) is 13.6. The van der Waals surface area contributed by atoms with Crippen molar-refractivity contribution in [2.24, 2.45) is 7.05 Å². The molecule has 0 radical (unpaired) electrons. The molecule has 1 saturated heterocycles. The Morgan fingerprint density at radius 2 is 1.96 bits per heavy atom. The summed E-state index contributed by atoms with van der Waals surface area (Å²) in [7, 11) is 2.01. The van der Waals surface area contributed by atoms with Gasteiger partial charge in [-0.1, -0.05) is 18.2 Å². The fourth-order valence-corrected chi connectivity index (χ4v) is 3.85. The van der Waals surface area contributed by atoms with Crippen LogP contribution in [0, 0.1) is 0 Å². The molecule has 0 amide bonds. The highest BCUT2D eigenvalue weighted by molar-refractivity contribution is 5.53. The normalized spacial score (nSPS) is 18.7. The Labute approximate surface area is 164 Å². The summed E-state index contributed by atoms with van der Waals surface area (Å²) in [5.74, 6) is 1.86. The molecule has 0 unspecified atom stereocenters. The molecule has 3 heterocycles. The van der Waals surface area contributed by atoms with E-state index in [9.17, 15) is 0 Å². The minimum Gasteiger partial charge on any atom is -0.368 e. The van der Waals surface area contributed by atoms with Crippen molar-refractivity contribution in [3.05, 3.63) is 54.1 Å². The zero-order valence-corrected chi connectivity index (χ0v) is 16.3. The molecule has 146 valence electrons. The molecule has 1 aromatic carbocycles. The highest BCUT2D eigenvalue weighted by Crippen LogP contribution is 2.31. The maximum Gasteiger partial charge on any atom is 0.232 e. The molecule has 0 bridgehead atoms. The molecule has 0 saturated carbocycles. The van der Waals surface area contributed by atoms with E-state index in [2.05, 4.69) is 43.3 Å². The lowest BCUT2D eigenvalue weighted by Gasteiger charge is -2.36. The Kier molecular flexibility index (Phi) is 5.21. The Morgan fingerprint density at radius 3 is 2.71 bits per heavy atom. The predicted octanol–water partition coefficient (Wildman–Crippen LogP) is 2.87. The van der Waals surface area contributed by atoms with E-state index < -0.39 is 0 Å². The third-order valence-corrected chi connectivity index (χ3v) is 5.35. The van der Waals surface area contributed by atoms with E-state index in [1.807, 2.05) is 48.3 Å². The van der Waals surface area contributed by atoms with E-state index in [0.717, 1.165) is 25.2 Å². The smallest absolute Gasteiger partial charge is 0.232 e. The standard InChI is InChI=1S/C20H26N8/c1-14(28-12-6-7-15(13-28)17-10-11-22-27(17)2)18-24-19(21)26-20(25-18)23-16-8-4-3-5-9-16/h3-5,8-11,14-15H,6-7,12-13H2,1-2H3,(H3,21,23,24,25,26)/t14-,15-/m0/s1. The summed E-state index contributed by atoms with van der Waals surface area (Å²) in [5, 5.41) is 7.53. The van der Waals surface area contributed by atoms with Crippen LogP contribution >= 0.6 is 0 Å². The topological polar surface area (TPSA) is 97.8 Å². The zero-order valence-electron chi connectivity index (χ0n) is 16.3. The first-order valence-corrected chi connectivity index (χ1v) is 9.65. The molecule has 2 atom stereocenters. The number of nitrogens with two attached hydrogens (primary N) is 1. The van der Waals surface area contributed by atoms with Gasteiger partial charge in [0.1, 0.15) is 0 Å². The third-order valence-electron chi connectivity index (χ3n) is 5.35. The van der Waals surface area contributed by atoms with E-state index in [4.69, 9.17) is 5.73 Å². The molecule has 1 aliphatic rings. The highest BCUT2D eigenvalue weighted by Gasteiger charge is 2.28. The number of hydrogen-bond donors (Lipinski definition) is 2. The van der Waals surface area contributed by atoms with Gasteiger partial charge in [0.2, 0.25) is 11.9 Å². The minimum atomic E-state index is 0.0534. The highest BCUT2D eigenvalue weighted by atomic mass is 15.3. The van der Waals surface area contributed by atoms with Gasteiger partial charge >= 0.3 is 0 Å². The van der Waals surface area contributed by atoms with Gasteiger partial charge in [-0.15, -0.1) is 0 Å². The van der Waals surface area contributed by atoms with Gasteiger partial charge in [-0.25, -0.2) is 0 Å². The number of rotatable bonds is 5. The van der Waals surface area contributed by atoms with E-state index in [0.29, 0.717) is 17.7 Å². The number of hydrogen-bond acceptors (Lipinski definition) is 7. The number of nitrogens with zero attached hydrogens (tertiary/aromatic N) is 6. The molecule has 3 N–H and O–H groups in total. The second-order valence-corrected chi connectivity index (χ2v) is 7.26. The van der Waals surface area contributed by atoms with Gasteiger partial charge in [-0.3, -0.25) is 9.58 Å². The van der Waals surface area contributed by atoms with Crippen LogP contribution in [-0.4, -0.2) is 42.7 Å². The third kappa shape index (κ3) is 3.96. The van der Waals surface area contributed by atoms with Crippen molar-refractivity contribution < 1.29 is 0 Å². The van der Waals surface area contributed by atoms with Crippen molar-refractivity contribution >= 4 is 17.6 Å². The number of aromatic nitrogens is 5. The van der Waals surface area contributed by atoms with Crippen molar-refractivity contribution in [3.8, 4) is 0 Å². The summed E-state index contributed by atoms with van der Waals surface area (Å²) < 4.78 is 1.97. The van der Waals surface area contributed by atoms with Crippen molar-refractivity contribution in [3.63, 3.8) is 0 Å². The first kappa shape index (κ1) is 18.4. The largest absolute Gasteiger partial charge is 0.368 e. The maximum absolute atomic E-state index is 5.97. The molecule has 28 heavy (non-hydrogen) atoms. The fourth-order valence-electron chi connectivity index (χ4n) is 3.85. The van der Waals surface area contributed by atoms with Gasteiger partial charge in [0.15, 0.2) is 5.82 Å². The van der Waals surface area contributed by atoms with Crippen LogP contribution in [0.2, 0.25) is 0 Å². The average molecular weight is 378 g/mol. The molecule has 8 heteroatoms. The maximum atomic E-state index is 5.97. The molecule has 0 spiro atoms. The summed E-state index contributed by atoms with van der Waals surface area (Å²) >= 11 is 0. The number of benzene rings is 1. The van der Waals surface area contributed by atoms with Gasteiger partial charge in [0, 0.05) is 37.1 Å². The SMILES string of the molecule is C[C@@H](c1nc(N)nc(Nc2ccccc2)n1)N1CCC[C@H](c2ccnn2C)C1. The Balaban J connectivity index is 1.52. The Hall–Kier alpha value is -3.00. The van der Waals surface area contributed by atoms with Crippen molar-refractivity contribution in [2.75, 3.05) is 24.1 Å². The monoisotopic (exact) mass is 378 g/mol. The summed E-state index contributed by atoms with van der Waals surface area (Å²) in [4.78, 5) is 15.7. The van der Waals surface area contributed by atoms with Crippen LogP contribution < -0.4 is 11.1 Å². The van der Waals surface area contributed by atoms with E-state index in [-0.39, 0.29) is 12.0 Å². The van der Waals surface area contributed by atoms with Crippen LogP contribution in [0.1, 0.15) is 43.2 Å². The predicted molar refractivity (Wildman–Crippen MR) is 109 cm³/mol. The lowest BCUT2D eigenvalue weighted by atomic mass is 9.93. The molecule has 4 rings (SSSR count). The molecular weight excluding hydrogens is 352 g/mol. The van der Waals surface area contributed by atoms with Gasteiger partial charge in [-0.05, 0) is 44.5 Å². The lowest BCUT2D eigenvalue weighted by Crippen LogP contribution is -2.37. The summed E-state index contributed by atoms with van der Waals surface area (Å²) in [5.41, 5.74) is 8.17. The Morgan fingerprint density at radius 1 is 1.14 bits per heavy atom. The van der Waals surface area contributed by atoms with E-state index >= 15 is 0 Å². The van der Waals surface area contributed by atoms with Gasteiger partial charge in [-0.2, -0.15) is 20.1 Å². The van der Waals surface area contributed by atoms with Crippen LogP contribution in [-0.2, 0) is 7.05 Å². The molecule has 1 fully saturated rings. The minimum absolute atomic E-state index is 0.0534. The fraction of sp³-hybridized carbons (Fsp3) is 0.400. The van der Waals surface area contributed by atoms with Crippen LogP contribution in [0.25, 0.3) is 0 Å². The summed E-state index contributed by atoms with van der Waals surface area (Å²) in [6, 6.07) is 12.0. The Bertz CT molecular complexity index is 923. The van der Waals surface area contributed by atoms with Crippen LogP contribution in [0.4, 0.5) is 17.6 Å². The van der Waals surface area contributed by atoms with Crippen molar-refractivity contribution in [2.45, 2.75) is 31.7 Å². The van der Waals surface area contributed by atoms with Gasteiger partial charge in [0.25, 0.3) is 0 Å². The number of piperidine rings is 1. The molecule has 0 aliphatic carbocycles. The zero-order chi connectivity index (χ0) is 19.5. The average Bonchev–Trinajstić information content (AvgIpc) is 3.14. The molecule has 1 aliphatic heterocycles. The van der Waals surface area contributed by atoms with E-state index in [1.165, 1.54) is 12.1 Å². The number of likely N-dealkylation sites (tertiary alicyclic amines) is 1. The molecule has 8 nitrogen and oxygen atoms in total. The number of nitrogen functional groups attached to an aromatic ring is 1.